The van der Waals surface area contributed by atoms with Crippen LogP contribution in [-0.2, 0) is 11.0 Å². The van der Waals surface area contributed by atoms with Crippen molar-refractivity contribution in [3.8, 4) is 11.1 Å². The predicted molar refractivity (Wildman–Crippen MR) is 174 cm³/mol. The van der Waals surface area contributed by atoms with Crippen molar-refractivity contribution in [2.75, 3.05) is 20.6 Å². The first kappa shape index (κ1) is 27.6. The number of nitrogens with zero attached hydrogens (tertiary/aromatic N) is 4. The van der Waals surface area contributed by atoms with Gasteiger partial charge in [-0.3, -0.25) is 0 Å². The van der Waals surface area contributed by atoms with Crippen molar-refractivity contribution in [3.05, 3.63) is 156 Å². The average Bonchev–Trinajstić information content (AvgIpc) is 3.47. The van der Waals surface area contributed by atoms with Gasteiger partial charge in [0.05, 0.1) is 6.20 Å². The smallest absolute Gasteiger partial charge is 0.159 e. The molecule has 2 heterocycles. The third kappa shape index (κ3) is 4.72. The molecule has 0 N–H and O–H groups in total. The van der Waals surface area contributed by atoms with E-state index in [1.54, 1.807) is 0 Å². The molecule has 2 aromatic heterocycles. The lowest BCUT2D eigenvalue weighted by molar-refractivity contribution is 0.291. The molecule has 0 spiro atoms. The SMILES string of the molecule is CCC(C)(CN(C)C)c1cccc(-c2ccnc3c2cnn3C(c2ccccc2)(c2ccccc2)c2ccccc2)c1. The molecular weight excluding hydrogens is 512 g/mol. The summed E-state index contributed by atoms with van der Waals surface area (Å²) in [4.78, 5) is 7.27. The van der Waals surface area contributed by atoms with Crippen molar-refractivity contribution in [2.24, 2.45) is 0 Å². The molecule has 0 aliphatic carbocycles. The van der Waals surface area contributed by atoms with Crippen LogP contribution in [0.15, 0.2) is 134 Å². The van der Waals surface area contributed by atoms with Gasteiger partial charge in [0.15, 0.2) is 5.65 Å². The molecule has 0 aliphatic heterocycles. The first-order valence-electron chi connectivity index (χ1n) is 14.7. The Morgan fingerprint density at radius 2 is 1.24 bits per heavy atom. The van der Waals surface area contributed by atoms with Crippen molar-refractivity contribution >= 4 is 11.0 Å². The standard InChI is InChI=1S/C38H38N4/c1-5-37(2,28-41(3)4)33-23-15-16-29(26-33)34-24-25-39-36-35(34)27-40-42(36)38(30-17-9-6-10-18-30,31-19-11-7-12-20-31)32-21-13-8-14-22-32/h6-27H,5,28H2,1-4H3. The summed E-state index contributed by atoms with van der Waals surface area (Å²) in [6.45, 7) is 5.63. The molecule has 4 nitrogen and oxygen atoms in total. The zero-order valence-electron chi connectivity index (χ0n) is 24.9. The summed E-state index contributed by atoms with van der Waals surface area (Å²) >= 11 is 0. The summed E-state index contributed by atoms with van der Waals surface area (Å²) < 4.78 is 2.12. The second-order valence-electron chi connectivity index (χ2n) is 11.7. The first-order valence-corrected chi connectivity index (χ1v) is 14.7. The molecule has 0 fully saturated rings. The van der Waals surface area contributed by atoms with E-state index in [0.717, 1.165) is 46.3 Å². The highest BCUT2D eigenvalue weighted by molar-refractivity contribution is 5.93. The van der Waals surface area contributed by atoms with Crippen molar-refractivity contribution < 1.29 is 0 Å². The zero-order valence-corrected chi connectivity index (χ0v) is 24.9. The van der Waals surface area contributed by atoms with Gasteiger partial charge in [-0.1, -0.05) is 129 Å². The van der Waals surface area contributed by atoms with Gasteiger partial charge in [-0.05, 0) is 60.0 Å². The second-order valence-corrected chi connectivity index (χ2v) is 11.7. The highest BCUT2D eigenvalue weighted by atomic mass is 15.3. The van der Waals surface area contributed by atoms with E-state index >= 15 is 0 Å². The van der Waals surface area contributed by atoms with Crippen LogP contribution in [0.2, 0.25) is 0 Å². The monoisotopic (exact) mass is 550 g/mol. The van der Waals surface area contributed by atoms with Crippen LogP contribution in [0.25, 0.3) is 22.2 Å². The number of hydrogen-bond acceptors (Lipinski definition) is 3. The number of benzene rings is 4. The van der Waals surface area contributed by atoms with E-state index < -0.39 is 5.54 Å². The van der Waals surface area contributed by atoms with E-state index in [1.165, 1.54) is 11.1 Å². The van der Waals surface area contributed by atoms with Gasteiger partial charge in [-0.2, -0.15) is 5.10 Å². The molecule has 0 saturated carbocycles. The third-order valence-corrected chi connectivity index (χ3v) is 8.68. The molecule has 0 aliphatic rings. The Morgan fingerprint density at radius 3 is 1.76 bits per heavy atom. The number of hydrogen-bond donors (Lipinski definition) is 0. The maximum absolute atomic E-state index is 5.16. The molecule has 1 unspecified atom stereocenters. The molecule has 0 radical (unpaired) electrons. The number of aromatic nitrogens is 3. The maximum Gasteiger partial charge on any atom is 0.159 e. The Bertz CT molecular complexity index is 1680. The third-order valence-electron chi connectivity index (χ3n) is 8.68. The highest BCUT2D eigenvalue weighted by Gasteiger charge is 2.40. The van der Waals surface area contributed by atoms with E-state index in [0.29, 0.717) is 0 Å². The van der Waals surface area contributed by atoms with Gasteiger partial charge in [0, 0.05) is 23.5 Å². The van der Waals surface area contributed by atoms with Gasteiger partial charge in [0.25, 0.3) is 0 Å². The summed E-state index contributed by atoms with van der Waals surface area (Å²) in [5, 5.41) is 6.19. The van der Waals surface area contributed by atoms with E-state index in [1.807, 2.05) is 12.4 Å². The number of likely N-dealkylation sites (N-methyl/N-ethyl adjacent to an activating group) is 1. The molecule has 4 heteroatoms. The summed E-state index contributed by atoms with van der Waals surface area (Å²) in [7, 11) is 4.30. The predicted octanol–water partition coefficient (Wildman–Crippen LogP) is 8.17. The average molecular weight is 551 g/mol. The Labute approximate surface area is 249 Å². The van der Waals surface area contributed by atoms with Crippen molar-refractivity contribution in [2.45, 2.75) is 31.2 Å². The molecular formula is C38H38N4. The Kier molecular flexibility index (Phi) is 7.49. The van der Waals surface area contributed by atoms with Crippen LogP contribution < -0.4 is 0 Å². The highest BCUT2D eigenvalue weighted by Crippen LogP contribution is 2.43. The van der Waals surface area contributed by atoms with Gasteiger partial charge < -0.3 is 4.90 Å². The normalized spacial score (nSPS) is 13.4. The largest absolute Gasteiger partial charge is 0.309 e. The van der Waals surface area contributed by atoms with Crippen LogP contribution in [0.4, 0.5) is 0 Å². The molecule has 4 aromatic carbocycles. The van der Waals surface area contributed by atoms with E-state index in [2.05, 4.69) is 159 Å². The minimum absolute atomic E-state index is 0.0545. The van der Waals surface area contributed by atoms with Gasteiger partial charge >= 0.3 is 0 Å². The maximum atomic E-state index is 5.16. The summed E-state index contributed by atoms with van der Waals surface area (Å²) in [6, 6.07) is 43.1. The lowest BCUT2D eigenvalue weighted by Crippen LogP contribution is -2.38. The van der Waals surface area contributed by atoms with Gasteiger partial charge in [-0.25, -0.2) is 9.67 Å². The molecule has 6 rings (SSSR count). The fourth-order valence-corrected chi connectivity index (χ4v) is 6.50. The molecule has 42 heavy (non-hydrogen) atoms. The molecule has 210 valence electrons. The van der Waals surface area contributed by atoms with Crippen LogP contribution in [0.1, 0.15) is 42.5 Å². The lowest BCUT2D eigenvalue weighted by atomic mass is 9.77. The van der Waals surface area contributed by atoms with Crippen molar-refractivity contribution in [1.82, 2.24) is 19.7 Å². The summed E-state index contributed by atoms with van der Waals surface area (Å²) in [5.74, 6) is 0. The quantitative estimate of drug-likeness (QED) is 0.170. The Balaban J connectivity index is 1.61. The topological polar surface area (TPSA) is 34.0 Å². The molecule has 0 amide bonds. The van der Waals surface area contributed by atoms with Crippen molar-refractivity contribution in [1.29, 1.82) is 0 Å². The molecule has 0 bridgehead atoms. The number of rotatable bonds is 9. The van der Waals surface area contributed by atoms with E-state index in [9.17, 15) is 0 Å². The Hall–Kier alpha value is -4.54. The van der Waals surface area contributed by atoms with Crippen molar-refractivity contribution in [3.63, 3.8) is 0 Å². The number of fused-ring (bicyclic) bond motifs is 1. The van der Waals surface area contributed by atoms with Crippen LogP contribution in [0.3, 0.4) is 0 Å². The zero-order chi connectivity index (χ0) is 29.2. The molecule has 6 aromatic rings. The van der Waals surface area contributed by atoms with E-state index in [4.69, 9.17) is 10.1 Å². The first-order chi connectivity index (χ1) is 20.5. The fourth-order valence-electron chi connectivity index (χ4n) is 6.50. The molecule has 1 atom stereocenters. The van der Waals surface area contributed by atoms with E-state index in [-0.39, 0.29) is 5.41 Å². The molecule has 0 saturated heterocycles. The second kappa shape index (κ2) is 11.4. The fraction of sp³-hybridized carbons (Fsp3) is 0.211. The van der Waals surface area contributed by atoms with Crippen LogP contribution in [-0.4, -0.2) is 40.3 Å². The number of pyridine rings is 1. The van der Waals surface area contributed by atoms with Crippen LogP contribution in [0.5, 0.6) is 0 Å². The van der Waals surface area contributed by atoms with Gasteiger partial charge in [-0.15, -0.1) is 0 Å². The Morgan fingerprint density at radius 1 is 0.690 bits per heavy atom. The lowest BCUT2D eigenvalue weighted by Gasteiger charge is -2.36. The van der Waals surface area contributed by atoms with Gasteiger partial charge in [0.2, 0.25) is 0 Å². The van der Waals surface area contributed by atoms with Crippen LogP contribution >= 0.6 is 0 Å². The summed E-state index contributed by atoms with van der Waals surface area (Å²) in [5.41, 5.74) is 7.24. The van der Waals surface area contributed by atoms with Crippen LogP contribution in [0, 0.1) is 0 Å². The summed E-state index contributed by atoms with van der Waals surface area (Å²) in [6.07, 6.45) is 4.98. The van der Waals surface area contributed by atoms with Gasteiger partial charge in [0.1, 0.15) is 5.54 Å². The minimum Gasteiger partial charge on any atom is -0.309 e. The minimum atomic E-state index is -0.717.